The molecule has 0 spiro atoms. The summed E-state index contributed by atoms with van der Waals surface area (Å²) in [5.41, 5.74) is 0. The van der Waals surface area contributed by atoms with Crippen LogP contribution in [0.4, 0.5) is 0 Å². The first-order valence-electron chi connectivity index (χ1n) is 28.3. The number of carbonyl (C=O) groups excluding carboxylic acids is 3. The molecule has 6 heteroatoms. The molecule has 0 radical (unpaired) electrons. The molecule has 382 valence electrons. The number of esters is 3. The molecule has 1 atom stereocenters. The van der Waals surface area contributed by atoms with Gasteiger partial charge in [-0.15, -0.1) is 0 Å². The molecule has 0 saturated carbocycles. The Morgan fingerprint density at radius 1 is 0.303 bits per heavy atom. The van der Waals surface area contributed by atoms with Gasteiger partial charge in [-0.2, -0.15) is 0 Å². The second-order valence-electron chi connectivity index (χ2n) is 18.8. The van der Waals surface area contributed by atoms with Gasteiger partial charge in [-0.25, -0.2) is 0 Å². The summed E-state index contributed by atoms with van der Waals surface area (Å²) < 4.78 is 16.8. The van der Waals surface area contributed by atoms with Gasteiger partial charge in [-0.05, 0) is 83.5 Å². The van der Waals surface area contributed by atoms with E-state index in [4.69, 9.17) is 14.2 Å². The lowest BCUT2D eigenvalue weighted by Crippen LogP contribution is -2.30. The molecule has 0 aliphatic heterocycles. The summed E-state index contributed by atoms with van der Waals surface area (Å²) >= 11 is 0. The van der Waals surface area contributed by atoms with Crippen molar-refractivity contribution in [2.75, 3.05) is 13.2 Å². The third kappa shape index (κ3) is 52.1. The highest BCUT2D eigenvalue weighted by Gasteiger charge is 2.19. The van der Waals surface area contributed by atoms with E-state index in [1.807, 2.05) is 0 Å². The van der Waals surface area contributed by atoms with Gasteiger partial charge in [0.2, 0.25) is 0 Å². The van der Waals surface area contributed by atoms with Crippen molar-refractivity contribution in [3.8, 4) is 0 Å². The number of carbonyl (C=O) groups is 3. The van der Waals surface area contributed by atoms with Crippen LogP contribution in [-0.2, 0) is 28.6 Å². The second-order valence-corrected chi connectivity index (χ2v) is 18.8. The van der Waals surface area contributed by atoms with E-state index in [-0.39, 0.29) is 37.5 Å². The largest absolute Gasteiger partial charge is 0.462 e. The predicted octanol–water partition coefficient (Wildman–Crippen LogP) is 18.8. The molecule has 0 N–H and O–H groups in total. The topological polar surface area (TPSA) is 78.9 Å². The van der Waals surface area contributed by atoms with Crippen molar-refractivity contribution in [3.63, 3.8) is 0 Å². The number of hydrogen-bond acceptors (Lipinski definition) is 6. The van der Waals surface area contributed by atoms with Gasteiger partial charge < -0.3 is 14.2 Å². The standard InChI is InChI=1S/C60H106O6/c1-4-7-10-13-16-19-22-25-28-30-33-35-38-41-44-47-50-53-59(62)65-56-57(55-64-58(61)52-49-46-43-40-37-34-31-27-24-21-18-15-12-9-6-3)66-60(63)54-51-48-45-42-39-36-32-29-26-23-20-17-14-11-8-5-2/h16,19,25,28-29,32-33,35,41,44,57H,4-15,17-18,20-24,26-27,30-31,34,36-40,42-43,45-56H2,1-3H3/b19-16-,28-25-,32-29-,35-33-,44-41-. The Morgan fingerprint density at radius 2 is 0.561 bits per heavy atom. The lowest BCUT2D eigenvalue weighted by atomic mass is 10.0. The third-order valence-corrected chi connectivity index (χ3v) is 12.2. The van der Waals surface area contributed by atoms with E-state index in [0.717, 1.165) is 77.0 Å². The van der Waals surface area contributed by atoms with E-state index in [1.165, 1.54) is 161 Å². The van der Waals surface area contributed by atoms with Gasteiger partial charge in [0.25, 0.3) is 0 Å². The summed E-state index contributed by atoms with van der Waals surface area (Å²) in [7, 11) is 0. The van der Waals surface area contributed by atoms with Crippen LogP contribution in [0.2, 0.25) is 0 Å². The SMILES string of the molecule is CCCCC/C=C\C/C=C\C/C=C\C/C=C\CCCC(=O)OCC(COC(=O)CCCCCCCCCCCCCCCCC)OC(=O)CCCCCCC/C=C\CCCCCCCCC. The molecule has 0 aromatic heterocycles. The molecule has 0 amide bonds. The molecule has 0 aliphatic rings. The summed E-state index contributed by atoms with van der Waals surface area (Å²) in [6.07, 6.45) is 67.8. The first-order chi connectivity index (χ1) is 32.5. The zero-order chi connectivity index (χ0) is 47.9. The van der Waals surface area contributed by atoms with Crippen LogP contribution in [0.5, 0.6) is 0 Å². The monoisotopic (exact) mass is 923 g/mol. The summed E-state index contributed by atoms with van der Waals surface area (Å²) in [6, 6.07) is 0. The molecule has 1 unspecified atom stereocenters. The van der Waals surface area contributed by atoms with Crippen molar-refractivity contribution in [2.24, 2.45) is 0 Å². The highest BCUT2D eigenvalue weighted by molar-refractivity contribution is 5.71. The third-order valence-electron chi connectivity index (χ3n) is 12.2. The fraction of sp³-hybridized carbons (Fsp3) is 0.783. The molecule has 0 aromatic carbocycles. The van der Waals surface area contributed by atoms with Gasteiger partial charge in [-0.3, -0.25) is 14.4 Å². The van der Waals surface area contributed by atoms with Crippen LogP contribution in [0, 0.1) is 0 Å². The van der Waals surface area contributed by atoms with Crippen LogP contribution < -0.4 is 0 Å². The average Bonchev–Trinajstić information content (AvgIpc) is 3.31. The zero-order valence-electron chi connectivity index (χ0n) is 43.7. The number of allylic oxidation sites excluding steroid dienone is 10. The molecule has 0 rings (SSSR count). The van der Waals surface area contributed by atoms with Crippen molar-refractivity contribution < 1.29 is 28.6 Å². The second kappa shape index (κ2) is 54.7. The Morgan fingerprint density at radius 3 is 0.955 bits per heavy atom. The predicted molar refractivity (Wildman–Crippen MR) is 284 cm³/mol. The Balaban J connectivity index is 4.46. The summed E-state index contributed by atoms with van der Waals surface area (Å²) in [6.45, 7) is 6.58. The van der Waals surface area contributed by atoms with E-state index in [9.17, 15) is 14.4 Å². The van der Waals surface area contributed by atoms with E-state index in [1.54, 1.807) is 0 Å². The van der Waals surface area contributed by atoms with Crippen molar-refractivity contribution in [1.29, 1.82) is 0 Å². The van der Waals surface area contributed by atoms with Crippen LogP contribution >= 0.6 is 0 Å². The number of unbranched alkanes of at least 4 members (excludes halogenated alkanes) is 30. The lowest BCUT2D eigenvalue weighted by Gasteiger charge is -2.18. The molecule has 6 nitrogen and oxygen atoms in total. The molecular formula is C60H106O6. The number of ether oxygens (including phenoxy) is 3. The maximum absolute atomic E-state index is 12.8. The molecule has 0 bridgehead atoms. The van der Waals surface area contributed by atoms with Crippen molar-refractivity contribution >= 4 is 17.9 Å². The smallest absolute Gasteiger partial charge is 0.306 e. The molecule has 66 heavy (non-hydrogen) atoms. The zero-order valence-corrected chi connectivity index (χ0v) is 43.7. The fourth-order valence-corrected chi connectivity index (χ4v) is 7.96. The van der Waals surface area contributed by atoms with Crippen LogP contribution in [0.1, 0.15) is 284 Å². The minimum Gasteiger partial charge on any atom is -0.462 e. The molecule has 0 aromatic rings. The van der Waals surface area contributed by atoms with Crippen molar-refractivity contribution in [3.05, 3.63) is 60.8 Å². The molecule has 0 fully saturated rings. The fourth-order valence-electron chi connectivity index (χ4n) is 7.96. The molecular weight excluding hydrogens is 817 g/mol. The van der Waals surface area contributed by atoms with Gasteiger partial charge in [0.15, 0.2) is 6.10 Å². The quantitative estimate of drug-likeness (QED) is 0.0262. The van der Waals surface area contributed by atoms with Crippen LogP contribution in [0.3, 0.4) is 0 Å². The van der Waals surface area contributed by atoms with Crippen LogP contribution in [0.15, 0.2) is 60.8 Å². The highest BCUT2D eigenvalue weighted by atomic mass is 16.6. The number of rotatable bonds is 51. The highest BCUT2D eigenvalue weighted by Crippen LogP contribution is 2.15. The number of hydrogen-bond donors (Lipinski definition) is 0. The van der Waals surface area contributed by atoms with Gasteiger partial charge in [0.1, 0.15) is 13.2 Å². The summed E-state index contributed by atoms with van der Waals surface area (Å²) in [5.74, 6) is -0.948. The van der Waals surface area contributed by atoms with E-state index < -0.39 is 6.10 Å². The maximum atomic E-state index is 12.8. The Hall–Kier alpha value is -2.89. The average molecular weight is 924 g/mol. The van der Waals surface area contributed by atoms with E-state index in [0.29, 0.717) is 19.3 Å². The molecule has 0 aliphatic carbocycles. The molecule has 0 saturated heterocycles. The first kappa shape index (κ1) is 63.1. The van der Waals surface area contributed by atoms with Crippen molar-refractivity contribution in [1.82, 2.24) is 0 Å². The van der Waals surface area contributed by atoms with Gasteiger partial charge in [0.05, 0.1) is 0 Å². The lowest BCUT2D eigenvalue weighted by molar-refractivity contribution is -0.167. The van der Waals surface area contributed by atoms with Gasteiger partial charge in [0, 0.05) is 19.3 Å². The summed E-state index contributed by atoms with van der Waals surface area (Å²) in [5, 5.41) is 0. The Kier molecular flexibility index (Phi) is 52.3. The Labute approximate surface area is 409 Å². The molecule has 0 heterocycles. The van der Waals surface area contributed by atoms with Gasteiger partial charge >= 0.3 is 17.9 Å². The van der Waals surface area contributed by atoms with E-state index in [2.05, 4.69) is 81.5 Å². The van der Waals surface area contributed by atoms with Crippen molar-refractivity contribution in [2.45, 2.75) is 290 Å². The first-order valence-corrected chi connectivity index (χ1v) is 28.3. The minimum absolute atomic E-state index is 0.0920. The minimum atomic E-state index is -0.798. The normalized spacial score (nSPS) is 12.5. The Bertz CT molecular complexity index is 1200. The maximum Gasteiger partial charge on any atom is 0.306 e. The van der Waals surface area contributed by atoms with Crippen LogP contribution in [-0.4, -0.2) is 37.2 Å². The van der Waals surface area contributed by atoms with E-state index >= 15 is 0 Å². The van der Waals surface area contributed by atoms with Gasteiger partial charge in [-0.1, -0.05) is 242 Å². The summed E-state index contributed by atoms with van der Waals surface area (Å²) in [4.78, 5) is 38.1. The van der Waals surface area contributed by atoms with Crippen LogP contribution in [0.25, 0.3) is 0 Å².